The van der Waals surface area contributed by atoms with Crippen molar-refractivity contribution < 1.29 is 29.0 Å². The maximum atomic E-state index is 15.3. The molecular formula is C41H58N6O6. The molecule has 0 saturated heterocycles. The lowest BCUT2D eigenvalue weighted by Gasteiger charge is -2.43. The molecule has 0 spiro atoms. The molecule has 6 N–H and O–H groups in total. The third-order valence-electron chi connectivity index (χ3n) is 9.95. The number of aliphatic hydroxyl groups excluding tert-OH is 1. The van der Waals surface area contributed by atoms with Crippen LogP contribution >= 0.6 is 0 Å². The number of carbonyl (C=O) groups excluding carboxylic acids is 4. The van der Waals surface area contributed by atoms with Gasteiger partial charge in [-0.3, -0.25) is 19.3 Å². The zero-order valence-corrected chi connectivity index (χ0v) is 32.1. The Labute approximate surface area is 313 Å². The number of benzene rings is 2. The molecule has 1 aliphatic rings. The zero-order chi connectivity index (χ0) is 38.8. The number of H-pyrrole nitrogens is 1. The van der Waals surface area contributed by atoms with Gasteiger partial charge in [0.05, 0.1) is 30.2 Å². The van der Waals surface area contributed by atoms with Crippen molar-refractivity contribution in [2.75, 3.05) is 11.9 Å². The van der Waals surface area contributed by atoms with Crippen LogP contribution in [0, 0.1) is 18.8 Å². The summed E-state index contributed by atoms with van der Waals surface area (Å²) in [4.78, 5) is 66.0. The van der Waals surface area contributed by atoms with Crippen molar-refractivity contribution in [2.24, 2.45) is 17.6 Å². The van der Waals surface area contributed by atoms with Gasteiger partial charge in [-0.25, -0.2) is 9.78 Å². The van der Waals surface area contributed by atoms with Gasteiger partial charge in [0.15, 0.2) is 0 Å². The summed E-state index contributed by atoms with van der Waals surface area (Å²) >= 11 is 0. The first kappa shape index (κ1) is 41.2. The van der Waals surface area contributed by atoms with Gasteiger partial charge >= 0.3 is 5.97 Å². The largest absolute Gasteiger partial charge is 0.458 e. The normalized spacial score (nSPS) is 17.1. The van der Waals surface area contributed by atoms with E-state index in [0.717, 1.165) is 48.1 Å². The van der Waals surface area contributed by atoms with Gasteiger partial charge in [-0.2, -0.15) is 0 Å². The molecular weight excluding hydrogens is 672 g/mol. The molecule has 0 bridgehead atoms. The number of rotatable bonds is 16. The smallest absolute Gasteiger partial charge is 0.343 e. The summed E-state index contributed by atoms with van der Waals surface area (Å²) in [5, 5.41) is 17.9. The van der Waals surface area contributed by atoms with Crippen LogP contribution in [-0.2, 0) is 36.8 Å². The number of ether oxygens (including phenoxy) is 1. The third-order valence-corrected chi connectivity index (χ3v) is 9.95. The van der Waals surface area contributed by atoms with Gasteiger partial charge in [0.25, 0.3) is 5.91 Å². The van der Waals surface area contributed by atoms with Gasteiger partial charge in [-0.05, 0) is 77.5 Å². The number of hydrogen-bond acceptors (Lipinski definition) is 8. The van der Waals surface area contributed by atoms with E-state index in [1.165, 1.54) is 13.3 Å². The van der Waals surface area contributed by atoms with E-state index < -0.39 is 53.0 Å². The highest BCUT2D eigenvalue weighted by atomic mass is 16.6. The first-order valence-corrected chi connectivity index (χ1v) is 18.8. The summed E-state index contributed by atoms with van der Waals surface area (Å²) in [5.41, 5.74) is 5.46. The predicted molar refractivity (Wildman–Crippen MR) is 205 cm³/mol. The zero-order valence-electron chi connectivity index (χ0n) is 32.1. The molecule has 12 nitrogen and oxygen atoms in total. The molecule has 1 aromatic heterocycles. The van der Waals surface area contributed by atoms with Gasteiger partial charge in [0.2, 0.25) is 17.4 Å². The number of nitrogens with two attached hydrogens (primary N) is 1. The highest BCUT2D eigenvalue weighted by Gasteiger charge is 2.57. The van der Waals surface area contributed by atoms with Crippen LogP contribution in [0.4, 0.5) is 5.69 Å². The van der Waals surface area contributed by atoms with Crippen LogP contribution in [-0.4, -0.2) is 75.1 Å². The summed E-state index contributed by atoms with van der Waals surface area (Å²) in [7, 11) is 1.57. The summed E-state index contributed by atoms with van der Waals surface area (Å²) in [6.45, 7) is 8.54. The lowest BCUT2D eigenvalue weighted by molar-refractivity contribution is -0.166. The average Bonchev–Trinajstić information content (AvgIpc) is 3.64. The second kappa shape index (κ2) is 18.5. The van der Waals surface area contributed by atoms with E-state index in [-0.39, 0.29) is 30.4 Å². The van der Waals surface area contributed by atoms with Gasteiger partial charge in [-0.1, -0.05) is 80.1 Å². The van der Waals surface area contributed by atoms with Crippen molar-refractivity contribution in [1.29, 1.82) is 0 Å². The van der Waals surface area contributed by atoms with Crippen LogP contribution in [0.2, 0.25) is 0 Å². The van der Waals surface area contributed by atoms with Gasteiger partial charge in [0, 0.05) is 31.3 Å². The molecule has 0 unspecified atom stereocenters. The number of nitrogens with zero attached hydrogens (tertiary/aromatic N) is 2. The first-order valence-electron chi connectivity index (χ1n) is 18.8. The molecule has 4 rings (SSSR count). The second-order valence-electron chi connectivity index (χ2n) is 15.5. The van der Waals surface area contributed by atoms with Crippen molar-refractivity contribution in [3.8, 4) is 0 Å². The number of carbonyl (C=O) groups is 4. The van der Waals surface area contributed by atoms with Crippen LogP contribution < -0.4 is 21.3 Å². The quantitative estimate of drug-likeness (QED) is 0.105. The Morgan fingerprint density at radius 2 is 1.70 bits per heavy atom. The number of nitrogens with one attached hydrogen (secondary N) is 3. The minimum Gasteiger partial charge on any atom is -0.458 e. The summed E-state index contributed by atoms with van der Waals surface area (Å²) in [5.74, 6) is -3.15. The summed E-state index contributed by atoms with van der Waals surface area (Å²) < 4.78 is 5.99. The Balaban J connectivity index is 1.84. The third kappa shape index (κ3) is 11.0. The fourth-order valence-corrected chi connectivity index (χ4v) is 7.18. The maximum absolute atomic E-state index is 15.3. The number of aromatic nitrogens is 2. The Bertz CT molecular complexity index is 1630. The number of anilines is 1. The number of aryl methyl sites for hydroxylation is 1. The van der Waals surface area contributed by atoms with Crippen molar-refractivity contribution in [1.82, 2.24) is 20.6 Å². The number of aromatic amines is 1. The first-order chi connectivity index (χ1) is 25.1. The average molecular weight is 731 g/mol. The number of hydrogen-bond donors (Lipinski definition) is 5. The number of aliphatic hydroxyl groups is 1. The molecule has 1 heterocycles. The second-order valence-corrected chi connectivity index (χ2v) is 15.5. The standard InChI is InChI=1S/C41H58N6O6/c1-27-17-19-30(20-18-27)21-31(36(49)43-6)23-35(48)34(22-29-13-9-7-10-14-29)46-38(51)41(24-32-25-44-26-45-32,39(52)53-40(3,4)5)47(37(50)28(2)42)33-15-11-8-12-16-33/h8,11-12,15-20,25-26,28-29,31,34-35,48H,7,9-10,13-14,21-24,42H2,1-6H3,(H,43,49)(H,44,45)(H,46,51)/t28-,31+,34-,35-,41-/m0/s1. The van der Waals surface area contributed by atoms with E-state index in [2.05, 4.69) is 20.6 Å². The molecule has 53 heavy (non-hydrogen) atoms. The Kier molecular flexibility index (Phi) is 14.4. The van der Waals surface area contributed by atoms with E-state index in [1.807, 2.05) is 31.2 Å². The van der Waals surface area contributed by atoms with Crippen molar-refractivity contribution >= 4 is 29.4 Å². The lowest BCUT2D eigenvalue weighted by atomic mass is 9.81. The van der Waals surface area contributed by atoms with Crippen molar-refractivity contribution in [3.63, 3.8) is 0 Å². The fraction of sp³-hybridized carbons (Fsp3) is 0.537. The Morgan fingerprint density at radius 1 is 1.04 bits per heavy atom. The maximum Gasteiger partial charge on any atom is 0.343 e. The van der Waals surface area contributed by atoms with Gasteiger partial charge in [0.1, 0.15) is 5.60 Å². The topological polar surface area (TPSA) is 180 Å². The predicted octanol–water partition coefficient (Wildman–Crippen LogP) is 4.53. The number of imidazole rings is 1. The molecule has 2 aromatic carbocycles. The van der Waals surface area contributed by atoms with Crippen LogP contribution in [0.5, 0.6) is 0 Å². The van der Waals surface area contributed by atoms with E-state index in [0.29, 0.717) is 18.5 Å². The number of amides is 3. The molecule has 3 aromatic rings. The molecule has 0 aliphatic heterocycles. The molecule has 5 atom stereocenters. The fourth-order valence-electron chi connectivity index (χ4n) is 7.18. The minimum absolute atomic E-state index is 0.0468. The molecule has 1 fully saturated rings. The van der Waals surface area contributed by atoms with Crippen molar-refractivity contribution in [2.45, 2.75) is 122 Å². The van der Waals surface area contributed by atoms with E-state index in [1.54, 1.807) is 64.3 Å². The SMILES string of the molecule is CNC(=O)[C@H](Cc1ccc(C)cc1)C[C@H](O)[C@H](CC1CCCCC1)NC(=O)[C@@](Cc1c[nH]cn1)(C(=O)OC(C)(C)C)N(C(=O)[C@H](C)N)c1ccccc1. The highest BCUT2D eigenvalue weighted by molar-refractivity contribution is 6.18. The molecule has 1 aliphatic carbocycles. The molecule has 12 heteroatoms. The molecule has 0 radical (unpaired) electrons. The Hall–Kier alpha value is -4.55. The van der Waals surface area contributed by atoms with Gasteiger partial charge < -0.3 is 31.2 Å². The van der Waals surface area contributed by atoms with Gasteiger partial charge in [-0.15, -0.1) is 0 Å². The van der Waals surface area contributed by atoms with E-state index in [9.17, 15) is 19.5 Å². The molecule has 1 saturated carbocycles. The minimum atomic E-state index is -2.35. The molecule has 3 amide bonds. The number of esters is 1. The summed E-state index contributed by atoms with van der Waals surface area (Å²) in [6.07, 6.45) is 7.31. The van der Waals surface area contributed by atoms with Crippen LogP contribution in [0.3, 0.4) is 0 Å². The van der Waals surface area contributed by atoms with Crippen LogP contribution in [0.1, 0.15) is 89.5 Å². The summed E-state index contributed by atoms with van der Waals surface area (Å²) in [6, 6.07) is 14.3. The monoisotopic (exact) mass is 730 g/mol. The highest BCUT2D eigenvalue weighted by Crippen LogP contribution is 2.34. The van der Waals surface area contributed by atoms with Crippen LogP contribution in [0.25, 0.3) is 0 Å². The lowest BCUT2D eigenvalue weighted by Crippen LogP contribution is -2.71. The van der Waals surface area contributed by atoms with Crippen molar-refractivity contribution in [3.05, 3.63) is 83.9 Å². The van der Waals surface area contributed by atoms with Crippen LogP contribution in [0.15, 0.2) is 67.1 Å². The number of para-hydroxylation sites is 1. The van der Waals surface area contributed by atoms with E-state index >= 15 is 4.79 Å². The Morgan fingerprint density at radius 3 is 2.26 bits per heavy atom. The molecule has 288 valence electrons. The van der Waals surface area contributed by atoms with E-state index in [4.69, 9.17) is 10.5 Å².